The Balaban J connectivity index is 2.23. The van der Waals surface area contributed by atoms with Crippen molar-refractivity contribution < 1.29 is 8.42 Å². The minimum Gasteiger partial charge on any atom is -0.330 e. The zero-order valence-electron chi connectivity index (χ0n) is 10.2. The van der Waals surface area contributed by atoms with Crippen molar-refractivity contribution in [3.8, 4) is 0 Å². The lowest BCUT2D eigenvalue weighted by atomic mass is 9.84. The lowest BCUT2D eigenvalue weighted by Crippen LogP contribution is -2.32. The third-order valence-corrected chi connectivity index (χ3v) is 5.68. The van der Waals surface area contributed by atoms with Gasteiger partial charge in [0.15, 0.2) is 9.84 Å². The summed E-state index contributed by atoms with van der Waals surface area (Å²) >= 11 is 5.98. The van der Waals surface area contributed by atoms with Crippen LogP contribution in [0.2, 0.25) is 5.02 Å². The molecule has 1 aliphatic heterocycles. The van der Waals surface area contributed by atoms with Crippen LogP contribution in [-0.2, 0) is 9.84 Å². The van der Waals surface area contributed by atoms with Crippen molar-refractivity contribution >= 4 is 21.4 Å². The fourth-order valence-electron chi connectivity index (χ4n) is 2.71. The number of sulfone groups is 1. The fourth-order valence-corrected chi connectivity index (χ4v) is 4.74. The van der Waals surface area contributed by atoms with E-state index in [-0.39, 0.29) is 17.6 Å². The standard InChI is InChI=1S/C13H18ClNO2S/c14-12-5-1-3-10(7-12)13(8-15)11-4-2-6-18(16,17)9-11/h1,3,5,7,11,13H,2,4,6,8-9,15H2. The largest absolute Gasteiger partial charge is 0.330 e. The molecular weight excluding hydrogens is 270 g/mol. The SMILES string of the molecule is NCC(c1cccc(Cl)c1)C1CCCS(=O)(=O)C1. The number of rotatable bonds is 3. The summed E-state index contributed by atoms with van der Waals surface area (Å²) in [7, 11) is -2.89. The molecule has 0 spiro atoms. The van der Waals surface area contributed by atoms with Crippen molar-refractivity contribution in [1.82, 2.24) is 0 Å². The molecule has 5 heteroatoms. The molecule has 3 nitrogen and oxygen atoms in total. The number of hydrogen-bond donors (Lipinski definition) is 1. The van der Waals surface area contributed by atoms with Crippen LogP contribution in [0.1, 0.15) is 24.3 Å². The van der Waals surface area contributed by atoms with Crippen LogP contribution in [0, 0.1) is 5.92 Å². The summed E-state index contributed by atoms with van der Waals surface area (Å²) in [6.07, 6.45) is 1.66. The van der Waals surface area contributed by atoms with Crippen LogP contribution >= 0.6 is 11.6 Å². The zero-order chi connectivity index (χ0) is 13.2. The van der Waals surface area contributed by atoms with E-state index in [1.807, 2.05) is 24.3 Å². The van der Waals surface area contributed by atoms with E-state index in [2.05, 4.69) is 0 Å². The van der Waals surface area contributed by atoms with Crippen LogP contribution < -0.4 is 5.73 Å². The summed E-state index contributed by atoms with van der Waals surface area (Å²) < 4.78 is 23.4. The van der Waals surface area contributed by atoms with Gasteiger partial charge in [0, 0.05) is 5.02 Å². The van der Waals surface area contributed by atoms with Gasteiger partial charge in [0.2, 0.25) is 0 Å². The molecule has 0 aromatic heterocycles. The van der Waals surface area contributed by atoms with Gasteiger partial charge < -0.3 is 5.73 Å². The van der Waals surface area contributed by atoms with Gasteiger partial charge >= 0.3 is 0 Å². The molecule has 0 bridgehead atoms. The van der Waals surface area contributed by atoms with Gasteiger partial charge in [-0.25, -0.2) is 8.42 Å². The molecule has 1 aromatic carbocycles. The Morgan fingerprint density at radius 2 is 2.22 bits per heavy atom. The molecule has 0 saturated carbocycles. The van der Waals surface area contributed by atoms with Gasteiger partial charge in [0.05, 0.1) is 11.5 Å². The normalized spacial score (nSPS) is 24.7. The molecule has 1 heterocycles. The molecule has 0 aliphatic carbocycles. The van der Waals surface area contributed by atoms with Crippen LogP contribution in [0.3, 0.4) is 0 Å². The average molecular weight is 288 g/mol. The van der Waals surface area contributed by atoms with Gasteiger partial charge in [-0.15, -0.1) is 0 Å². The molecule has 2 rings (SSSR count). The van der Waals surface area contributed by atoms with Gasteiger partial charge in [-0.05, 0) is 48.9 Å². The van der Waals surface area contributed by atoms with Crippen LogP contribution in [0.15, 0.2) is 24.3 Å². The molecule has 1 saturated heterocycles. The van der Waals surface area contributed by atoms with Crippen molar-refractivity contribution in [2.24, 2.45) is 11.7 Å². The second kappa shape index (κ2) is 5.59. The zero-order valence-corrected chi connectivity index (χ0v) is 11.8. The quantitative estimate of drug-likeness (QED) is 0.927. The van der Waals surface area contributed by atoms with E-state index in [9.17, 15) is 8.42 Å². The monoisotopic (exact) mass is 287 g/mol. The Morgan fingerprint density at radius 3 is 2.83 bits per heavy atom. The summed E-state index contributed by atoms with van der Waals surface area (Å²) in [5.74, 6) is 0.767. The molecule has 1 aliphatic rings. The van der Waals surface area contributed by atoms with E-state index >= 15 is 0 Å². The topological polar surface area (TPSA) is 60.2 Å². The number of nitrogens with two attached hydrogens (primary N) is 1. The minimum atomic E-state index is -2.89. The predicted molar refractivity (Wildman–Crippen MR) is 74.6 cm³/mol. The van der Waals surface area contributed by atoms with Gasteiger partial charge in [-0.1, -0.05) is 23.7 Å². The highest BCUT2D eigenvalue weighted by Gasteiger charge is 2.31. The highest BCUT2D eigenvalue weighted by atomic mass is 35.5. The van der Waals surface area contributed by atoms with Crippen molar-refractivity contribution in [3.05, 3.63) is 34.9 Å². The van der Waals surface area contributed by atoms with Gasteiger partial charge in [0.25, 0.3) is 0 Å². The smallest absolute Gasteiger partial charge is 0.150 e. The predicted octanol–water partition coefficient (Wildman–Crippen LogP) is 2.21. The molecule has 18 heavy (non-hydrogen) atoms. The highest BCUT2D eigenvalue weighted by Crippen LogP contribution is 2.32. The molecule has 2 unspecified atom stereocenters. The van der Waals surface area contributed by atoms with E-state index < -0.39 is 9.84 Å². The van der Waals surface area contributed by atoms with Crippen molar-refractivity contribution in [3.63, 3.8) is 0 Å². The Bertz CT molecular complexity index is 515. The van der Waals surface area contributed by atoms with Crippen LogP contribution in [-0.4, -0.2) is 26.5 Å². The molecule has 1 aromatic rings. The van der Waals surface area contributed by atoms with E-state index in [0.29, 0.717) is 17.3 Å². The molecule has 0 amide bonds. The van der Waals surface area contributed by atoms with E-state index in [1.165, 1.54) is 0 Å². The van der Waals surface area contributed by atoms with Crippen LogP contribution in [0.25, 0.3) is 0 Å². The summed E-state index contributed by atoms with van der Waals surface area (Å²) in [4.78, 5) is 0. The average Bonchev–Trinajstić information content (AvgIpc) is 2.29. The molecule has 100 valence electrons. The third-order valence-electron chi connectivity index (χ3n) is 3.60. The number of benzene rings is 1. The summed E-state index contributed by atoms with van der Waals surface area (Å²) in [5, 5.41) is 0.671. The maximum Gasteiger partial charge on any atom is 0.150 e. The first-order valence-corrected chi connectivity index (χ1v) is 8.38. The molecule has 1 fully saturated rings. The lowest BCUT2D eigenvalue weighted by molar-refractivity contribution is 0.413. The van der Waals surface area contributed by atoms with Crippen molar-refractivity contribution in [1.29, 1.82) is 0 Å². The number of hydrogen-bond acceptors (Lipinski definition) is 3. The Morgan fingerprint density at radius 1 is 1.44 bits per heavy atom. The summed E-state index contributed by atoms with van der Waals surface area (Å²) in [5.41, 5.74) is 6.88. The van der Waals surface area contributed by atoms with E-state index in [1.54, 1.807) is 0 Å². The molecule has 2 atom stereocenters. The Hall–Kier alpha value is -0.580. The van der Waals surface area contributed by atoms with E-state index in [4.69, 9.17) is 17.3 Å². The van der Waals surface area contributed by atoms with Gasteiger partial charge in [0.1, 0.15) is 0 Å². The van der Waals surface area contributed by atoms with E-state index in [0.717, 1.165) is 18.4 Å². The molecular formula is C13H18ClNO2S. The summed E-state index contributed by atoms with van der Waals surface area (Å²) in [6, 6.07) is 7.57. The maximum atomic E-state index is 11.7. The fraction of sp³-hybridized carbons (Fsp3) is 0.538. The van der Waals surface area contributed by atoms with Gasteiger partial charge in [-0.3, -0.25) is 0 Å². The van der Waals surface area contributed by atoms with Gasteiger partial charge in [-0.2, -0.15) is 0 Å². The third kappa shape index (κ3) is 3.25. The molecule has 0 radical (unpaired) electrons. The first kappa shape index (κ1) is 13.8. The second-order valence-electron chi connectivity index (χ2n) is 4.91. The summed E-state index contributed by atoms with van der Waals surface area (Å²) in [6.45, 7) is 0.459. The lowest BCUT2D eigenvalue weighted by Gasteiger charge is -2.29. The van der Waals surface area contributed by atoms with Crippen molar-refractivity contribution in [2.75, 3.05) is 18.1 Å². The Kier molecular flexibility index (Phi) is 4.30. The second-order valence-corrected chi connectivity index (χ2v) is 7.58. The van der Waals surface area contributed by atoms with Crippen LogP contribution in [0.4, 0.5) is 0 Å². The highest BCUT2D eigenvalue weighted by molar-refractivity contribution is 7.91. The first-order chi connectivity index (χ1) is 8.52. The minimum absolute atomic E-state index is 0.0822. The first-order valence-electron chi connectivity index (χ1n) is 6.18. The van der Waals surface area contributed by atoms with Crippen molar-refractivity contribution in [2.45, 2.75) is 18.8 Å². The Labute approximate surface area is 113 Å². The number of halogens is 1. The maximum absolute atomic E-state index is 11.7. The molecule has 2 N–H and O–H groups in total. The van der Waals surface area contributed by atoms with Crippen LogP contribution in [0.5, 0.6) is 0 Å².